The molecule has 1 saturated heterocycles. The molecule has 1 aliphatic carbocycles. The van der Waals surface area contributed by atoms with Crippen LogP contribution in [0.1, 0.15) is 69.9 Å². The van der Waals surface area contributed by atoms with Crippen LogP contribution in [0.15, 0.2) is 4.99 Å². The summed E-state index contributed by atoms with van der Waals surface area (Å²) in [6, 6.07) is 0.390. The molecule has 1 aliphatic heterocycles. The number of ether oxygens (including phenoxy) is 2. The smallest absolute Gasteiger partial charge is 0.191 e. The van der Waals surface area contributed by atoms with E-state index >= 15 is 0 Å². The lowest BCUT2D eigenvalue weighted by molar-refractivity contribution is -0.107. The normalized spacial score (nSPS) is 21.3. The maximum Gasteiger partial charge on any atom is 0.191 e. The molecule has 0 bridgehead atoms. The average Bonchev–Trinajstić information content (AvgIpc) is 3.04. The fourth-order valence-corrected chi connectivity index (χ4v) is 4.31. The van der Waals surface area contributed by atoms with Crippen LogP contribution >= 0.6 is 24.0 Å². The molecular weight excluding hydrogens is 495 g/mol. The molecule has 0 radical (unpaired) electrons. The lowest BCUT2D eigenvalue weighted by Crippen LogP contribution is -2.52. The van der Waals surface area contributed by atoms with Gasteiger partial charge in [-0.15, -0.1) is 34.2 Å². The van der Waals surface area contributed by atoms with E-state index in [4.69, 9.17) is 14.5 Å². The van der Waals surface area contributed by atoms with E-state index in [1.165, 1.54) is 32.1 Å². The van der Waals surface area contributed by atoms with Crippen LogP contribution in [0.25, 0.3) is 0 Å². The number of halogens is 1. The number of rotatable bonds is 8. The maximum absolute atomic E-state index is 6.25. The highest BCUT2D eigenvalue weighted by atomic mass is 127. The fourth-order valence-electron chi connectivity index (χ4n) is 4.31. The van der Waals surface area contributed by atoms with Crippen LogP contribution in [0.4, 0.5) is 0 Å². The van der Waals surface area contributed by atoms with Gasteiger partial charge >= 0.3 is 0 Å². The number of hydrogen-bond donors (Lipinski definition) is 2. The first-order valence-electron chi connectivity index (χ1n) is 11.2. The van der Waals surface area contributed by atoms with E-state index in [1.807, 2.05) is 25.5 Å². The Morgan fingerprint density at radius 2 is 2.10 bits per heavy atom. The Morgan fingerprint density at radius 1 is 1.30 bits per heavy atom. The van der Waals surface area contributed by atoms with Gasteiger partial charge in [0.2, 0.25) is 0 Å². The van der Waals surface area contributed by atoms with Crippen LogP contribution in [0, 0.1) is 6.92 Å². The van der Waals surface area contributed by atoms with Gasteiger partial charge in [0.1, 0.15) is 12.4 Å². The second kappa shape index (κ2) is 12.8. The first-order valence-corrected chi connectivity index (χ1v) is 11.2. The van der Waals surface area contributed by atoms with Crippen LogP contribution in [-0.4, -0.2) is 58.7 Å². The molecule has 2 fully saturated rings. The second-order valence-corrected chi connectivity index (χ2v) is 8.29. The molecule has 2 aliphatic rings. The van der Waals surface area contributed by atoms with Gasteiger partial charge in [0, 0.05) is 39.5 Å². The largest absolute Gasteiger partial charge is 0.382 e. The molecule has 1 spiro atoms. The van der Waals surface area contributed by atoms with Crippen LogP contribution in [-0.2, 0) is 23.1 Å². The van der Waals surface area contributed by atoms with Crippen molar-refractivity contribution in [2.45, 2.75) is 83.4 Å². The van der Waals surface area contributed by atoms with Gasteiger partial charge in [0.25, 0.3) is 0 Å². The van der Waals surface area contributed by atoms with Gasteiger partial charge in [-0.1, -0.05) is 19.3 Å². The van der Waals surface area contributed by atoms with Gasteiger partial charge in [-0.05, 0) is 46.0 Å². The standard InChI is InChI=1S/C21H38N6O2.HI/c1-4-28-13-8-12-22-20(23-16-19-26-25-17(2)27(19)3)24-18-9-14-29-21(15-18)10-6-5-7-11-21;/h18H,4-16H2,1-3H3,(H2,22,23,24);1H. The summed E-state index contributed by atoms with van der Waals surface area (Å²) >= 11 is 0. The van der Waals surface area contributed by atoms with E-state index in [-0.39, 0.29) is 29.6 Å². The predicted molar refractivity (Wildman–Crippen MR) is 129 cm³/mol. The van der Waals surface area contributed by atoms with Crippen molar-refractivity contribution in [2.75, 3.05) is 26.4 Å². The molecule has 2 heterocycles. The molecule has 1 aromatic heterocycles. The number of nitrogens with zero attached hydrogens (tertiary/aromatic N) is 4. The van der Waals surface area contributed by atoms with Gasteiger partial charge in [0.15, 0.2) is 11.8 Å². The minimum Gasteiger partial charge on any atom is -0.382 e. The lowest BCUT2D eigenvalue weighted by atomic mass is 9.78. The highest BCUT2D eigenvalue weighted by molar-refractivity contribution is 14.0. The topological polar surface area (TPSA) is 85.6 Å². The molecule has 172 valence electrons. The van der Waals surface area contributed by atoms with E-state index in [0.717, 1.165) is 63.2 Å². The SMILES string of the molecule is CCOCCCNC(=NCc1nnc(C)n1C)NC1CCOC2(CCCCC2)C1.I. The molecular formula is C21H39IN6O2. The first-order chi connectivity index (χ1) is 14.1. The van der Waals surface area contributed by atoms with Gasteiger partial charge in [-0.3, -0.25) is 0 Å². The van der Waals surface area contributed by atoms with Crippen LogP contribution < -0.4 is 10.6 Å². The summed E-state index contributed by atoms with van der Waals surface area (Å²) in [5.41, 5.74) is 0.0783. The molecule has 1 unspecified atom stereocenters. The number of aromatic nitrogens is 3. The van der Waals surface area contributed by atoms with Crippen molar-refractivity contribution >= 4 is 29.9 Å². The molecule has 8 nitrogen and oxygen atoms in total. The zero-order valence-electron chi connectivity index (χ0n) is 18.8. The first kappa shape index (κ1) is 25.3. The third-order valence-corrected chi connectivity index (χ3v) is 6.12. The Morgan fingerprint density at radius 3 is 2.80 bits per heavy atom. The van der Waals surface area contributed by atoms with E-state index in [9.17, 15) is 0 Å². The Labute approximate surface area is 198 Å². The number of guanidine groups is 1. The Bertz CT molecular complexity index is 654. The molecule has 1 saturated carbocycles. The molecule has 2 N–H and O–H groups in total. The van der Waals surface area contributed by atoms with Crippen molar-refractivity contribution in [1.29, 1.82) is 0 Å². The van der Waals surface area contributed by atoms with E-state index in [0.29, 0.717) is 12.6 Å². The van der Waals surface area contributed by atoms with E-state index in [2.05, 4.69) is 20.8 Å². The number of hydrogen-bond acceptors (Lipinski definition) is 5. The molecule has 9 heteroatoms. The van der Waals surface area contributed by atoms with Gasteiger partial charge < -0.3 is 24.7 Å². The minimum atomic E-state index is 0. The number of aliphatic imine (C=N–C) groups is 1. The van der Waals surface area contributed by atoms with Crippen LogP contribution in [0.2, 0.25) is 0 Å². The summed E-state index contributed by atoms with van der Waals surface area (Å²) in [6.45, 7) is 7.67. The average molecular weight is 534 g/mol. The van der Waals surface area contributed by atoms with Crippen LogP contribution in [0.5, 0.6) is 0 Å². The predicted octanol–water partition coefficient (Wildman–Crippen LogP) is 3.09. The highest BCUT2D eigenvalue weighted by Gasteiger charge is 2.38. The summed E-state index contributed by atoms with van der Waals surface area (Å²) in [4.78, 5) is 4.80. The molecule has 30 heavy (non-hydrogen) atoms. The van der Waals surface area contributed by atoms with Crippen LogP contribution in [0.3, 0.4) is 0 Å². The van der Waals surface area contributed by atoms with E-state index < -0.39 is 0 Å². The van der Waals surface area contributed by atoms with Crippen molar-refractivity contribution in [1.82, 2.24) is 25.4 Å². The monoisotopic (exact) mass is 534 g/mol. The molecule has 1 atom stereocenters. The van der Waals surface area contributed by atoms with Crippen molar-refractivity contribution in [3.8, 4) is 0 Å². The summed E-state index contributed by atoms with van der Waals surface area (Å²) in [5.74, 6) is 2.62. The quantitative estimate of drug-likeness (QED) is 0.231. The van der Waals surface area contributed by atoms with Gasteiger partial charge in [0.05, 0.1) is 5.60 Å². The van der Waals surface area contributed by atoms with Crippen molar-refractivity contribution in [2.24, 2.45) is 12.0 Å². The Kier molecular flexibility index (Phi) is 10.8. The minimum absolute atomic E-state index is 0. The molecule has 0 aromatic carbocycles. The maximum atomic E-state index is 6.25. The highest BCUT2D eigenvalue weighted by Crippen LogP contribution is 2.38. The Balaban J connectivity index is 0.00000320. The molecule has 1 aromatic rings. The summed E-state index contributed by atoms with van der Waals surface area (Å²) in [6.07, 6.45) is 9.34. The third-order valence-electron chi connectivity index (χ3n) is 6.12. The Hall–Kier alpha value is -0.940. The number of nitrogens with one attached hydrogen (secondary N) is 2. The van der Waals surface area contributed by atoms with Crippen molar-refractivity contribution < 1.29 is 9.47 Å². The second-order valence-electron chi connectivity index (χ2n) is 8.29. The third kappa shape index (κ3) is 7.33. The van der Waals surface area contributed by atoms with Crippen molar-refractivity contribution in [3.63, 3.8) is 0 Å². The zero-order chi connectivity index (χ0) is 20.5. The lowest BCUT2D eigenvalue weighted by Gasteiger charge is -2.44. The van der Waals surface area contributed by atoms with Gasteiger partial charge in [-0.25, -0.2) is 4.99 Å². The number of aryl methyl sites for hydroxylation is 1. The van der Waals surface area contributed by atoms with E-state index in [1.54, 1.807) is 0 Å². The fraction of sp³-hybridized carbons (Fsp3) is 0.857. The van der Waals surface area contributed by atoms with Gasteiger partial charge in [-0.2, -0.15) is 0 Å². The summed E-state index contributed by atoms with van der Waals surface area (Å²) in [5, 5.41) is 15.5. The molecule has 3 rings (SSSR count). The summed E-state index contributed by atoms with van der Waals surface area (Å²) in [7, 11) is 1.98. The van der Waals surface area contributed by atoms with Crippen molar-refractivity contribution in [3.05, 3.63) is 11.6 Å². The zero-order valence-corrected chi connectivity index (χ0v) is 21.1. The summed E-state index contributed by atoms with van der Waals surface area (Å²) < 4.78 is 13.7. The molecule has 0 amide bonds.